The average molecular weight is 423 g/mol. The SMILES string of the molecule is CCC(C(=O)O)(c1ccc(Cl)cc1)n1ccc2c(N(C)OS(=O)O)cccc21. The minimum Gasteiger partial charge on any atom is -0.479 e. The van der Waals surface area contributed by atoms with Gasteiger partial charge < -0.3 is 9.67 Å². The first-order valence-corrected chi connectivity index (χ1v) is 9.85. The van der Waals surface area contributed by atoms with Crippen molar-refractivity contribution in [2.24, 2.45) is 0 Å². The molecule has 0 radical (unpaired) electrons. The lowest BCUT2D eigenvalue weighted by Crippen LogP contribution is -2.42. The van der Waals surface area contributed by atoms with E-state index in [-0.39, 0.29) is 0 Å². The first kappa shape index (κ1) is 20.3. The molecule has 28 heavy (non-hydrogen) atoms. The van der Waals surface area contributed by atoms with Crippen LogP contribution >= 0.6 is 11.6 Å². The van der Waals surface area contributed by atoms with Crippen molar-refractivity contribution < 1.29 is 22.9 Å². The van der Waals surface area contributed by atoms with Gasteiger partial charge in [-0.1, -0.05) is 36.7 Å². The summed E-state index contributed by atoms with van der Waals surface area (Å²) in [5, 5.41) is 12.6. The number of aromatic nitrogens is 1. The highest BCUT2D eigenvalue weighted by Crippen LogP contribution is 2.37. The predicted octanol–water partition coefficient (Wildman–Crippen LogP) is 4.04. The maximum atomic E-state index is 12.5. The van der Waals surface area contributed by atoms with E-state index < -0.39 is 22.9 Å². The second kappa shape index (κ2) is 7.92. The Morgan fingerprint density at radius 1 is 1.25 bits per heavy atom. The van der Waals surface area contributed by atoms with Crippen LogP contribution in [-0.2, 0) is 26.0 Å². The van der Waals surface area contributed by atoms with Gasteiger partial charge in [0.1, 0.15) is 0 Å². The normalized spacial score (nSPS) is 14.6. The molecule has 1 aromatic heterocycles. The number of hydrogen-bond acceptors (Lipinski definition) is 4. The monoisotopic (exact) mass is 422 g/mol. The smallest absolute Gasteiger partial charge is 0.334 e. The molecule has 0 fully saturated rings. The molecular formula is C19H19ClN2O5S. The Morgan fingerprint density at radius 3 is 2.50 bits per heavy atom. The largest absolute Gasteiger partial charge is 0.479 e. The molecule has 2 aromatic carbocycles. The fourth-order valence-electron chi connectivity index (χ4n) is 3.51. The molecule has 0 spiro atoms. The van der Waals surface area contributed by atoms with Crippen LogP contribution in [0.5, 0.6) is 0 Å². The summed E-state index contributed by atoms with van der Waals surface area (Å²) in [5.74, 6) is -0.999. The number of hydrogen-bond donors (Lipinski definition) is 2. The van der Waals surface area contributed by atoms with Gasteiger partial charge in [-0.2, -0.15) is 4.21 Å². The van der Waals surface area contributed by atoms with Crippen LogP contribution in [0.2, 0.25) is 5.02 Å². The highest BCUT2D eigenvalue weighted by atomic mass is 35.5. The highest BCUT2D eigenvalue weighted by molar-refractivity contribution is 7.74. The van der Waals surface area contributed by atoms with Gasteiger partial charge in [0.05, 0.1) is 11.2 Å². The number of anilines is 1. The molecule has 0 aliphatic heterocycles. The molecule has 0 aliphatic rings. The molecule has 3 rings (SSSR count). The maximum absolute atomic E-state index is 12.5. The summed E-state index contributed by atoms with van der Waals surface area (Å²) >= 11 is 3.50. The number of carbonyl (C=O) groups is 1. The molecule has 3 aromatic rings. The number of rotatable bonds is 7. The first-order chi connectivity index (χ1) is 13.3. The number of carboxylic acid groups (broad SMARTS) is 1. The average Bonchev–Trinajstić information content (AvgIpc) is 3.08. The lowest BCUT2D eigenvalue weighted by atomic mass is 9.86. The number of aliphatic carboxylic acids is 1. The summed E-state index contributed by atoms with van der Waals surface area (Å²) in [6.45, 7) is 1.81. The van der Waals surface area contributed by atoms with Crippen molar-refractivity contribution >= 4 is 45.5 Å². The quantitative estimate of drug-likeness (QED) is 0.441. The van der Waals surface area contributed by atoms with E-state index in [1.165, 1.54) is 12.1 Å². The van der Waals surface area contributed by atoms with Crippen LogP contribution in [0.3, 0.4) is 0 Å². The van der Waals surface area contributed by atoms with Crippen LogP contribution in [0.1, 0.15) is 18.9 Å². The second-order valence-corrected chi connectivity index (χ2v) is 7.23. The van der Waals surface area contributed by atoms with Crippen molar-refractivity contribution in [2.45, 2.75) is 18.9 Å². The zero-order chi connectivity index (χ0) is 20.5. The van der Waals surface area contributed by atoms with E-state index in [9.17, 15) is 14.1 Å². The maximum Gasteiger partial charge on any atom is 0.334 e. The van der Waals surface area contributed by atoms with Gasteiger partial charge >= 0.3 is 17.3 Å². The lowest BCUT2D eigenvalue weighted by molar-refractivity contribution is -0.145. The third-order valence-corrected chi connectivity index (χ3v) is 5.43. The number of benzene rings is 2. The molecule has 0 bridgehead atoms. The van der Waals surface area contributed by atoms with Crippen LogP contribution in [0.25, 0.3) is 10.9 Å². The number of fused-ring (bicyclic) bond motifs is 1. The van der Waals surface area contributed by atoms with Crippen molar-refractivity contribution in [1.82, 2.24) is 4.57 Å². The predicted molar refractivity (Wildman–Crippen MR) is 109 cm³/mol. The third kappa shape index (κ3) is 3.40. The topological polar surface area (TPSA) is 92.0 Å². The first-order valence-electron chi connectivity index (χ1n) is 8.44. The van der Waals surface area contributed by atoms with E-state index in [1.54, 1.807) is 59.3 Å². The number of nitrogens with zero attached hydrogens (tertiary/aromatic N) is 2. The molecule has 148 valence electrons. The Kier molecular flexibility index (Phi) is 5.76. The molecule has 2 N–H and O–H groups in total. The van der Waals surface area contributed by atoms with Crippen LogP contribution < -0.4 is 5.06 Å². The van der Waals surface area contributed by atoms with Crippen LogP contribution in [0.15, 0.2) is 54.7 Å². The summed E-state index contributed by atoms with van der Waals surface area (Å²) < 4.78 is 26.5. The van der Waals surface area contributed by atoms with Gasteiger partial charge in [-0.3, -0.25) is 4.55 Å². The van der Waals surface area contributed by atoms with Crippen molar-refractivity contribution in [1.29, 1.82) is 0 Å². The Balaban J connectivity index is 2.24. The number of halogens is 1. The summed E-state index contributed by atoms with van der Waals surface area (Å²) in [6.07, 6.45) is 2.00. The zero-order valence-corrected chi connectivity index (χ0v) is 16.8. The molecule has 1 heterocycles. The Morgan fingerprint density at radius 2 is 1.93 bits per heavy atom. The minimum atomic E-state index is -2.48. The fourth-order valence-corrected chi connectivity index (χ4v) is 3.91. The summed E-state index contributed by atoms with van der Waals surface area (Å²) in [6, 6.07) is 13.8. The molecule has 0 saturated carbocycles. The molecular weight excluding hydrogens is 404 g/mol. The van der Waals surface area contributed by atoms with Crippen LogP contribution in [-0.4, -0.2) is 31.5 Å². The second-order valence-electron chi connectivity index (χ2n) is 6.21. The van der Waals surface area contributed by atoms with Crippen molar-refractivity contribution in [2.75, 3.05) is 12.1 Å². The van der Waals surface area contributed by atoms with Gasteiger partial charge in [-0.15, -0.1) is 4.28 Å². The Labute approximate surface area is 169 Å². The lowest BCUT2D eigenvalue weighted by Gasteiger charge is -2.32. The molecule has 2 unspecified atom stereocenters. The van der Waals surface area contributed by atoms with Crippen molar-refractivity contribution in [3.63, 3.8) is 0 Å². The van der Waals surface area contributed by atoms with Gasteiger partial charge in [0.25, 0.3) is 0 Å². The van der Waals surface area contributed by atoms with Crippen LogP contribution in [0, 0.1) is 0 Å². The van der Waals surface area contributed by atoms with Gasteiger partial charge in [0.2, 0.25) is 0 Å². The molecule has 7 nitrogen and oxygen atoms in total. The highest BCUT2D eigenvalue weighted by Gasteiger charge is 2.41. The summed E-state index contributed by atoms with van der Waals surface area (Å²) in [7, 11) is 1.50. The molecule has 0 saturated heterocycles. The molecule has 0 amide bonds. The van der Waals surface area contributed by atoms with Crippen molar-refractivity contribution in [3.8, 4) is 0 Å². The van der Waals surface area contributed by atoms with Crippen LogP contribution in [0.4, 0.5) is 5.69 Å². The number of hydroxylamine groups is 1. The van der Waals surface area contributed by atoms with E-state index in [2.05, 4.69) is 0 Å². The molecule has 0 aliphatic carbocycles. The fraction of sp³-hybridized carbons (Fsp3) is 0.211. The standard InChI is InChI=1S/C19H19ClN2O5S/c1-3-19(18(23)24,13-7-9-14(20)10-8-13)22-12-11-15-16(5-4-6-17(15)22)21(2)27-28(25)26/h4-12H,3H2,1-2H3,(H,23,24)(H,25,26). The van der Waals surface area contributed by atoms with Gasteiger partial charge in [-0.25, -0.2) is 9.86 Å². The Hall–Kier alpha value is -2.39. The third-order valence-electron chi connectivity index (χ3n) is 4.82. The molecule has 9 heteroatoms. The van der Waals surface area contributed by atoms with Gasteiger partial charge in [0.15, 0.2) is 5.54 Å². The van der Waals surface area contributed by atoms with E-state index in [0.29, 0.717) is 33.6 Å². The minimum absolute atomic E-state index is 0.297. The summed E-state index contributed by atoms with van der Waals surface area (Å²) in [5.41, 5.74) is 0.432. The summed E-state index contributed by atoms with van der Waals surface area (Å²) in [4.78, 5) is 12.5. The van der Waals surface area contributed by atoms with Gasteiger partial charge in [0, 0.05) is 23.7 Å². The zero-order valence-electron chi connectivity index (χ0n) is 15.2. The molecule has 2 atom stereocenters. The number of carboxylic acids is 1. The van der Waals surface area contributed by atoms with Gasteiger partial charge in [-0.05, 0) is 42.3 Å². The van der Waals surface area contributed by atoms with E-state index in [0.717, 1.165) is 0 Å². The Bertz CT molecular complexity index is 1040. The van der Waals surface area contributed by atoms with E-state index in [4.69, 9.17) is 20.4 Å². The van der Waals surface area contributed by atoms with E-state index >= 15 is 0 Å². The van der Waals surface area contributed by atoms with E-state index in [1.807, 2.05) is 6.92 Å². The van der Waals surface area contributed by atoms with Crippen molar-refractivity contribution in [3.05, 3.63) is 65.3 Å².